The molecule has 108 valence electrons. The van der Waals surface area contributed by atoms with Crippen LogP contribution in [0.15, 0.2) is 42.6 Å². The minimum absolute atomic E-state index is 0.174. The first-order chi connectivity index (χ1) is 10.1. The number of anilines is 1. The Morgan fingerprint density at radius 3 is 2.43 bits per heavy atom. The minimum atomic E-state index is -0.714. The van der Waals surface area contributed by atoms with E-state index in [2.05, 4.69) is 15.6 Å². The normalized spacial score (nSPS) is 10.0. The molecular formula is C15H14FN3O2. The predicted molar refractivity (Wildman–Crippen MR) is 76.6 cm³/mol. The summed E-state index contributed by atoms with van der Waals surface area (Å²) in [6.45, 7) is 2.38. The van der Waals surface area contributed by atoms with E-state index in [1.54, 1.807) is 24.3 Å². The molecule has 1 aromatic carbocycles. The van der Waals surface area contributed by atoms with E-state index in [0.717, 1.165) is 6.07 Å². The SMILES string of the molecule is CCNC(=O)c1ccc(NC(=O)c2ccnc(F)c2)cc1. The molecule has 0 bridgehead atoms. The molecule has 0 aliphatic carbocycles. The summed E-state index contributed by atoms with van der Waals surface area (Å²) in [5.74, 6) is -1.33. The average Bonchev–Trinajstić information content (AvgIpc) is 2.48. The molecule has 0 unspecified atom stereocenters. The summed E-state index contributed by atoms with van der Waals surface area (Å²) in [7, 11) is 0. The van der Waals surface area contributed by atoms with Gasteiger partial charge in [-0.2, -0.15) is 4.39 Å². The van der Waals surface area contributed by atoms with Crippen molar-refractivity contribution >= 4 is 17.5 Å². The number of carbonyl (C=O) groups is 2. The second-order valence-corrected chi connectivity index (χ2v) is 4.26. The van der Waals surface area contributed by atoms with Crippen molar-refractivity contribution in [3.8, 4) is 0 Å². The Kier molecular flexibility index (Phi) is 4.61. The van der Waals surface area contributed by atoms with E-state index in [-0.39, 0.29) is 11.5 Å². The second-order valence-electron chi connectivity index (χ2n) is 4.26. The summed E-state index contributed by atoms with van der Waals surface area (Å²) in [5, 5.41) is 5.30. The number of hydrogen-bond donors (Lipinski definition) is 2. The standard InChI is InChI=1S/C15H14FN3O2/c1-2-17-14(20)10-3-5-12(6-4-10)19-15(21)11-7-8-18-13(16)9-11/h3-9H,2H2,1H3,(H,17,20)(H,19,21). The minimum Gasteiger partial charge on any atom is -0.352 e. The van der Waals surface area contributed by atoms with Crippen LogP contribution in [0.3, 0.4) is 0 Å². The van der Waals surface area contributed by atoms with Crippen molar-refractivity contribution in [3.63, 3.8) is 0 Å². The average molecular weight is 287 g/mol. The van der Waals surface area contributed by atoms with Crippen LogP contribution in [-0.2, 0) is 0 Å². The van der Waals surface area contributed by atoms with Crippen molar-refractivity contribution in [2.24, 2.45) is 0 Å². The van der Waals surface area contributed by atoms with E-state index < -0.39 is 11.9 Å². The van der Waals surface area contributed by atoms with Crippen LogP contribution in [0.5, 0.6) is 0 Å². The molecule has 1 aromatic heterocycles. The molecule has 21 heavy (non-hydrogen) atoms. The van der Waals surface area contributed by atoms with Crippen LogP contribution in [0, 0.1) is 5.95 Å². The molecule has 0 aliphatic heterocycles. The third kappa shape index (κ3) is 3.85. The van der Waals surface area contributed by atoms with Crippen LogP contribution in [0.2, 0.25) is 0 Å². The lowest BCUT2D eigenvalue weighted by Gasteiger charge is -2.06. The van der Waals surface area contributed by atoms with Crippen LogP contribution >= 0.6 is 0 Å². The molecule has 2 amide bonds. The first-order valence-electron chi connectivity index (χ1n) is 6.41. The third-order valence-electron chi connectivity index (χ3n) is 2.73. The topological polar surface area (TPSA) is 71.1 Å². The van der Waals surface area contributed by atoms with Gasteiger partial charge in [-0.1, -0.05) is 0 Å². The van der Waals surface area contributed by atoms with Crippen LogP contribution < -0.4 is 10.6 Å². The lowest BCUT2D eigenvalue weighted by atomic mass is 10.2. The first kappa shape index (κ1) is 14.6. The molecule has 6 heteroatoms. The van der Waals surface area contributed by atoms with Gasteiger partial charge in [0.15, 0.2) is 0 Å². The molecule has 5 nitrogen and oxygen atoms in total. The number of carbonyl (C=O) groups excluding carboxylic acids is 2. The van der Waals surface area contributed by atoms with Gasteiger partial charge in [0.2, 0.25) is 5.95 Å². The number of aromatic nitrogens is 1. The second kappa shape index (κ2) is 6.60. The van der Waals surface area contributed by atoms with Crippen LogP contribution in [0.4, 0.5) is 10.1 Å². The van der Waals surface area contributed by atoms with Crippen molar-refractivity contribution in [2.75, 3.05) is 11.9 Å². The Bertz CT molecular complexity index is 656. The lowest BCUT2D eigenvalue weighted by molar-refractivity contribution is 0.0955. The highest BCUT2D eigenvalue weighted by Crippen LogP contribution is 2.11. The van der Waals surface area contributed by atoms with Crippen molar-refractivity contribution in [1.82, 2.24) is 10.3 Å². The molecule has 2 aromatic rings. The van der Waals surface area contributed by atoms with Gasteiger partial charge in [0, 0.05) is 35.6 Å². The van der Waals surface area contributed by atoms with Crippen LogP contribution in [0.25, 0.3) is 0 Å². The molecule has 0 fully saturated rings. The van der Waals surface area contributed by atoms with Gasteiger partial charge >= 0.3 is 0 Å². The van der Waals surface area contributed by atoms with Crippen molar-refractivity contribution < 1.29 is 14.0 Å². The molecular weight excluding hydrogens is 273 g/mol. The fourth-order valence-electron chi connectivity index (χ4n) is 1.71. The van der Waals surface area contributed by atoms with Gasteiger partial charge < -0.3 is 10.6 Å². The van der Waals surface area contributed by atoms with E-state index in [9.17, 15) is 14.0 Å². The summed E-state index contributed by atoms with van der Waals surface area (Å²) in [6, 6.07) is 8.90. The summed E-state index contributed by atoms with van der Waals surface area (Å²) in [6.07, 6.45) is 1.22. The molecule has 2 rings (SSSR count). The Labute approximate surface area is 121 Å². The molecule has 0 radical (unpaired) electrons. The van der Waals surface area contributed by atoms with Gasteiger partial charge in [0.1, 0.15) is 0 Å². The van der Waals surface area contributed by atoms with E-state index in [1.165, 1.54) is 12.3 Å². The maximum absolute atomic E-state index is 12.9. The summed E-state index contributed by atoms with van der Waals surface area (Å²) < 4.78 is 12.9. The summed E-state index contributed by atoms with van der Waals surface area (Å²) >= 11 is 0. The molecule has 0 saturated heterocycles. The van der Waals surface area contributed by atoms with E-state index >= 15 is 0 Å². The fourth-order valence-corrected chi connectivity index (χ4v) is 1.71. The lowest BCUT2D eigenvalue weighted by Crippen LogP contribution is -2.22. The number of amides is 2. The number of nitrogens with zero attached hydrogens (tertiary/aromatic N) is 1. The van der Waals surface area contributed by atoms with Gasteiger partial charge in [0.25, 0.3) is 11.8 Å². The van der Waals surface area contributed by atoms with Crippen molar-refractivity contribution in [2.45, 2.75) is 6.92 Å². The predicted octanol–water partition coefficient (Wildman–Crippen LogP) is 2.22. The Balaban J connectivity index is 2.06. The number of pyridine rings is 1. The van der Waals surface area contributed by atoms with Crippen molar-refractivity contribution in [3.05, 3.63) is 59.7 Å². The molecule has 0 saturated carbocycles. The molecule has 0 spiro atoms. The largest absolute Gasteiger partial charge is 0.352 e. The Morgan fingerprint density at radius 2 is 1.81 bits per heavy atom. The third-order valence-corrected chi connectivity index (χ3v) is 2.73. The zero-order chi connectivity index (χ0) is 15.2. The number of benzene rings is 1. The quantitative estimate of drug-likeness (QED) is 0.847. The van der Waals surface area contributed by atoms with Crippen LogP contribution in [0.1, 0.15) is 27.6 Å². The van der Waals surface area contributed by atoms with Crippen LogP contribution in [-0.4, -0.2) is 23.3 Å². The van der Waals surface area contributed by atoms with E-state index in [1.807, 2.05) is 6.92 Å². The van der Waals surface area contributed by atoms with Crippen molar-refractivity contribution in [1.29, 1.82) is 0 Å². The zero-order valence-corrected chi connectivity index (χ0v) is 11.4. The Morgan fingerprint density at radius 1 is 1.10 bits per heavy atom. The van der Waals surface area contributed by atoms with E-state index in [0.29, 0.717) is 17.8 Å². The number of halogens is 1. The number of nitrogens with one attached hydrogen (secondary N) is 2. The number of hydrogen-bond acceptors (Lipinski definition) is 3. The van der Waals surface area contributed by atoms with Gasteiger partial charge in [0.05, 0.1) is 0 Å². The molecule has 0 atom stereocenters. The maximum Gasteiger partial charge on any atom is 0.255 e. The highest BCUT2D eigenvalue weighted by atomic mass is 19.1. The zero-order valence-electron chi connectivity index (χ0n) is 11.4. The van der Waals surface area contributed by atoms with Gasteiger partial charge in [-0.3, -0.25) is 9.59 Å². The highest BCUT2D eigenvalue weighted by Gasteiger charge is 2.08. The van der Waals surface area contributed by atoms with E-state index in [4.69, 9.17) is 0 Å². The Hall–Kier alpha value is -2.76. The molecule has 0 aliphatic rings. The molecule has 2 N–H and O–H groups in total. The smallest absolute Gasteiger partial charge is 0.255 e. The monoisotopic (exact) mass is 287 g/mol. The van der Waals surface area contributed by atoms with Gasteiger partial charge in [-0.15, -0.1) is 0 Å². The summed E-state index contributed by atoms with van der Waals surface area (Å²) in [5.41, 5.74) is 1.20. The summed E-state index contributed by atoms with van der Waals surface area (Å²) in [4.78, 5) is 26.9. The number of rotatable bonds is 4. The highest BCUT2D eigenvalue weighted by molar-refractivity contribution is 6.04. The fraction of sp³-hybridized carbons (Fsp3) is 0.133. The van der Waals surface area contributed by atoms with Gasteiger partial charge in [-0.05, 0) is 37.3 Å². The maximum atomic E-state index is 12.9. The first-order valence-corrected chi connectivity index (χ1v) is 6.41. The molecule has 1 heterocycles. The van der Waals surface area contributed by atoms with Gasteiger partial charge in [-0.25, -0.2) is 4.98 Å².